The van der Waals surface area contributed by atoms with Crippen LogP contribution in [0.3, 0.4) is 0 Å². The summed E-state index contributed by atoms with van der Waals surface area (Å²) in [5, 5.41) is 6.56. The molecule has 1 heterocycles. The van der Waals surface area contributed by atoms with Crippen molar-refractivity contribution in [2.75, 3.05) is 17.2 Å². The zero-order valence-electron chi connectivity index (χ0n) is 11.4. The number of benzene rings is 1. The van der Waals surface area contributed by atoms with E-state index in [0.29, 0.717) is 28.6 Å². The van der Waals surface area contributed by atoms with Gasteiger partial charge in [0.05, 0.1) is 5.56 Å². The molecule has 20 heavy (non-hydrogen) atoms. The Labute approximate surface area is 123 Å². The molecule has 5 heteroatoms. The summed E-state index contributed by atoms with van der Waals surface area (Å²) < 4.78 is 0. The van der Waals surface area contributed by atoms with Gasteiger partial charge in [-0.25, -0.2) is 4.98 Å². The Bertz CT molecular complexity index is 628. The van der Waals surface area contributed by atoms with Crippen LogP contribution in [0.5, 0.6) is 0 Å². The Balaban J connectivity index is 2.26. The molecular formula is C15H16ClN3O. The number of hydrogen-bond acceptors (Lipinski definition) is 3. The third-order valence-electron chi connectivity index (χ3n) is 2.91. The molecule has 0 atom stereocenters. The van der Waals surface area contributed by atoms with Gasteiger partial charge in [-0.15, -0.1) is 0 Å². The summed E-state index contributed by atoms with van der Waals surface area (Å²) in [6.45, 7) is 4.53. The van der Waals surface area contributed by atoms with Crippen molar-refractivity contribution in [2.24, 2.45) is 0 Å². The van der Waals surface area contributed by atoms with Crippen molar-refractivity contribution >= 4 is 29.0 Å². The molecule has 0 spiro atoms. The van der Waals surface area contributed by atoms with Crippen LogP contribution in [0.15, 0.2) is 36.5 Å². The minimum atomic E-state index is -0.209. The Morgan fingerprint density at radius 3 is 2.85 bits per heavy atom. The molecule has 4 nitrogen and oxygen atoms in total. The molecule has 0 fully saturated rings. The highest BCUT2D eigenvalue weighted by atomic mass is 35.5. The summed E-state index contributed by atoms with van der Waals surface area (Å²) in [5.41, 5.74) is 2.05. The van der Waals surface area contributed by atoms with Crippen molar-refractivity contribution in [2.45, 2.75) is 13.8 Å². The second-order valence-electron chi connectivity index (χ2n) is 4.30. The van der Waals surface area contributed by atoms with E-state index in [4.69, 9.17) is 11.6 Å². The lowest BCUT2D eigenvalue weighted by molar-refractivity contribution is 0.102. The number of pyridine rings is 1. The van der Waals surface area contributed by atoms with Crippen molar-refractivity contribution < 1.29 is 4.79 Å². The number of carbonyl (C=O) groups is 1. The molecule has 0 unspecified atom stereocenters. The molecular weight excluding hydrogens is 274 g/mol. The van der Waals surface area contributed by atoms with Gasteiger partial charge in [0.1, 0.15) is 5.82 Å². The van der Waals surface area contributed by atoms with Gasteiger partial charge in [0, 0.05) is 23.5 Å². The molecule has 2 rings (SSSR count). The van der Waals surface area contributed by atoms with E-state index in [1.165, 1.54) is 0 Å². The van der Waals surface area contributed by atoms with Crippen molar-refractivity contribution in [3.8, 4) is 0 Å². The maximum atomic E-state index is 12.3. The molecule has 0 aliphatic heterocycles. The molecule has 0 aliphatic carbocycles. The van der Waals surface area contributed by atoms with Gasteiger partial charge < -0.3 is 10.6 Å². The average molecular weight is 290 g/mol. The molecule has 1 amide bonds. The topological polar surface area (TPSA) is 54.0 Å². The highest BCUT2D eigenvalue weighted by molar-refractivity contribution is 6.31. The Kier molecular flexibility index (Phi) is 4.58. The second-order valence-corrected chi connectivity index (χ2v) is 4.70. The number of nitrogens with one attached hydrogen (secondary N) is 2. The van der Waals surface area contributed by atoms with Crippen LogP contribution in [0, 0.1) is 6.92 Å². The highest BCUT2D eigenvalue weighted by Crippen LogP contribution is 2.24. The fraction of sp³-hybridized carbons (Fsp3) is 0.200. The summed E-state index contributed by atoms with van der Waals surface area (Å²) in [7, 11) is 0. The van der Waals surface area contributed by atoms with Crippen molar-refractivity contribution in [1.29, 1.82) is 0 Å². The van der Waals surface area contributed by atoms with E-state index >= 15 is 0 Å². The van der Waals surface area contributed by atoms with Gasteiger partial charge >= 0.3 is 0 Å². The molecule has 1 aromatic heterocycles. The van der Waals surface area contributed by atoms with Gasteiger partial charge in [-0.3, -0.25) is 4.79 Å². The summed E-state index contributed by atoms with van der Waals surface area (Å²) in [5.74, 6) is 0.367. The zero-order chi connectivity index (χ0) is 14.5. The van der Waals surface area contributed by atoms with Crippen LogP contribution in [0.25, 0.3) is 0 Å². The van der Waals surface area contributed by atoms with Crippen LogP contribution in [0.1, 0.15) is 22.8 Å². The SMILES string of the molecule is CCNc1ncccc1C(=O)Nc1cccc(Cl)c1C. The van der Waals surface area contributed by atoms with E-state index in [2.05, 4.69) is 15.6 Å². The average Bonchev–Trinajstić information content (AvgIpc) is 2.45. The third kappa shape index (κ3) is 3.08. The number of nitrogens with zero attached hydrogens (tertiary/aromatic N) is 1. The third-order valence-corrected chi connectivity index (χ3v) is 3.32. The standard InChI is InChI=1S/C15H16ClN3O/c1-3-17-14-11(6-5-9-18-14)15(20)19-13-8-4-7-12(16)10(13)2/h4-9H,3H2,1-2H3,(H,17,18)(H,19,20). The predicted molar refractivity (Wildman–Crippen MR) is 82.5 cm³/mol. The Morgan fingerprint density at radius 2 is 2.10 bits per heavy atom. The van der Waals surface area contributed by atoms with E-state index in [1.807, 2.05) is 19.9 Å². The summed E-state index contributed by atoms with van der Waals surface area (Å²) in [6.07, 6.45) is 1.65. The van der Waals surface area contributed by atoms with Crippen molar-refractivity contribution in [1.82, 2.24) is 4.98 Å². The monoisotopic (exact) mass is 289 g/mol. The van der Waals surface area contributed by atoms with Crippen LogP contribution in [0.2, 0.25) is 5.02 Å². The molecule has 1 aromatic carbocycles. The van der Waals surface area contributed by atoms with Crippen molar-refractivity contribution in [3.63, 3.8) is 0 Å². The number of carbonyl (C=O) groups excluding carboxylic acids is 1. The van der Waals surface area contributed by atoms with E-state index in [0.717, 1.165) is 5.56 Å². The van der Waals surface area contributed by atoms with Gasteiger partial charge in [0.2, 0.25) is 0 Å². The molecule has 0 saturated heterocycles. The normalized spacial score (nSPS) is 10.2. The minimum absolute atomic E-state index is 0.209. The minimum Gasteiger partial charge on any atom is -0.370 e. The van der Waals surface area contributed by atoms with E-state index in [9.17, 15) is 4.79 Å². The maximum absolute atomic E-state index is 12.3. The van der Waals surface area contributed by atoms with E-state index in [1.54, 1.807) is 30.5 Å². The number of aromatic nitrogens is 1. The number of anilines is 2. The summed E-state index contributed by atoms with van der Waals surface area (Å²) >= 11 is 6.05. The molecule has 0 saturated carbocycles. The summed E-state index contributed by atoms with van der Waals surface area (Å²) in [6, 6.07) is 8.89. The van der Waals surface area contributed by atoms with Gasteiger partial charge in [0.25, 0.3) is 5.91 Å². The van der Waals surface area contributed by atoms with E-state index < -0.39 is 0 Å². The number of rotatable bonds is 4. The number of hydrogen-bond donors (Lipinski definition) is 2. The maximum Gasteiger partial charge on any atom is 0.259 e. The fourth-order valence-electron chi connectivity index (χ4n) is 1.83. The molecule has 0 bridgehead atoms. The fourth-order valence-corrected chi connectivity index (χ4v) is 2.00. The quantitative estimate of drug-likeness (QED) is 0.902. The van der Waals surface area contributed by atoms with Gasteiger partial charge in [-0.1, -0.05) is 17.7 Å². The molecule has 104 valence electrons. The largest absolute Gasteiger partial charge is 0.370 e. The predicted octanol–water partition coefficient (Wildman–Crippen LogP) is 3.73. The Morgan fingerprint density at radius 1 is 1.30 bits per heavy atom. The first-order valence-electron chi connectivity index (χ1n) is 6.38. The van der Waals surface area contributed by atoms with Crippen LogP contribution >= 0.6 is 11.6 Å². The van der Waals surface area contributed by atoms with Crippen LogP contribution < -0.4 is 10.6 Å². The van der Waals surface area contributed by atoms with Gasteiger partial charge in [-0.2, -0.15) is 0 Å². The summed E-state index contributed by atoms with van der Waals surface area (Å²) in [4.78, 5) is 16.5. The smallest absolute Gasteiger partial charge is 0.259 e. The molecule has 0 aliphatic rings. The molecule has 0 radical (unpaired) electrons. The van der Waals surface area contributed by atoms with Crippen LogP contribution in [0.4, 0.5) is 11.5 Å². The molecule has 2 N–H and O–H groups in total. The second kappa shape index (κ2) is 6.39. The lowest BCUT2D eigenvalue weighted by Gasteiger charge is -2.12. The lowest BCUT2D eigenvalue weighted by Crippen LogP contribution is -2.16. The zero-order valence-corrected chi connectivity index (χ0v) is 12.2. The van der Waals surface area contributed by atoms with E-state index in [-0.39, 0.29) is 5.91 Å². The highest BCUT2D eigenvalue weighted by Gasteiger charge is 2.13. The Hall–Kier alpha value is -2.07. The first-order valence-corrected chi connectivity index (χ1v) is 6.76. The first-order chi connectivity index (χ1) is 9.63. The van der Waals surface area contributed by atoms with Gasteiger partial charge in [-0.05, 0) is 43.7 Å². The lowest BCUT2D eigenvalue weighted by atomic mass is 10.1. The van der Waals surface area contributed by atoms with Crippen molar-refractivity contribution in [3.05, 3.63) is 52.7 Å². The van der Waals surface area contributed by atoms with Crippen LogP contribution in [-0.4, -0.2) is 17.4 Å². The number of amides is 1. The molecule has 2 aromatic rings. The van der Waals surface area contributed by atoms with Gasteiger partial charge in [0.15, 0.2) is 0 Å². The first kappa shape index (κ1) is 14.3. The van der Waals surface area contributed by atoms with Crippen LogP contribution in [-0.2, 0) is 0 Å². The number of halogens is 1.